The Morgan fingerprint density at radius 3 is 3.00 bits per heavy atom. The fourth-order valence-electron chi connectivity index (χ4n) is 2.18. The molecule has 116 valence electrons. The van der Waals surface area contributed by atoms with Crippen LogP contribution in [0.25, 0.3) is 0 Å². The number of nitrogens with two attached hydrogens (primary N) is 1. The van der Waals surface area contributed by atoms with Gasteiger partial charge in [0.1, 0.15) is 5.82 Å². The number of aromatic amines is 1. The molecule has 3 rings (SSSR count). The van der Waals surface area contributed by atoms with Crippen LogP contribution < -0.4 is 20.5 Å². The van der Waals surface area contributed by atoms with E-state index in [4.69, 9.17) is 15.2 Å². The molecule has 0 unspecified atom stereocenters. The van der Waals surface area contributed by atoms with Gasteiger partial charge >= 0.3 is 0 Å². The number of aromatic nitrogens is 3. The molecule has 8 heteroatoms. The lowest BCUT2D eigenvalue weighted by atomic mass is 10.1. The van der Waals surface area contributed by atoms with E-state index in [2.05, 4.69) is 20.5 Å². The average molecular weight is 303 g/mol. The molecule has 0 spiro atoms. The smallest absolute Gasteiger partial charge is 0.239 e. The van der Waals surface area contributed by atoms with Crippen LogP contribution in [-0.2, 0) is 17.6 Å². The van der Waals surface area contributed by atoms with Crippen molar-refractivity contribution in [3.63, 3.8) is 0 Å². The summed E-state index contributed by atoms with van der Waals surface area (Å²) in [6.07, 6.45) is 1.63. The van der Waals surface area contributed by atoms with Crippen molar-refractivity contribution in [2.75, 3.05) is 19.1 Å². The van der Waals surface area contributed by atoms with Crippen molar-refractivity contribution in [3.05, 3.63) is 29.6 Å². The lowest BCUT2D eigenvalue weighted by molar-refractivity contribution is -0.121. The molecule has 4 N–H and O–H groups in total. The highest BCUT2D eigenvalue weighted by Gasteiger charge is 2.13. The summed E-state index contributed by atoms with van der Waals surface area (Å²) in [5, 5.41) is 9.26. The SMILES string of the molecule is Nc1n[nH]c(CCNC(=O)CCc2ccc3c(c2)OCO3)n1. The maximum Gasteiger partial charge on any atom is 0.239 e. The first kappa shape index (κ1) is 14.2. The van der Waals surface area contributed by atoms with Gasteiger partial charge in [0.05, 0.1) is 0 Å². The number of carbonyl (C=O) groups is 1. The van der Waals surface area contributed by atoms with E-state index in [0.29, 0.717) is 31.6 Å². The van der Waals surface area contributed by atoms with Crippen LogP contribution in [0.5, 0.6) is 11.5 Å². The van der Waals surface area contributed by atoms with Gasteiger partial charge in [-0.05, 0) is 24.1 Å². The number of nitrogen functional groups attached to an aromatic ring is 1. The first-order chi connectivity index (χ1) is 10.7. The van der Waals surface area contributed by atoms with Gasteiger partial charge in [-0.1, -0.05) is 6.07 Å². The van der Waals surface area contributed by atoms with Crippen LogP contribution >= 0.6 is 0 Å². The van der Waals surface area contributed by atoms with Crippen molar-refractivity contribution in [1.29, 1.82) is 0 Å². The second-order valence-corrected chi connectivity index (χ2v) is 4.93. The van der Waals surface area contributed by atoms with E-state index in [1.807, 2.05) is 18.2 Å². The van der Waals surface area contributed by atoms with E-state index < -0.39 is 0 Å². The minimum Gasteiger partial charge on any atom is -0.454 e. The summed E-state index contributed by atoms with van der Waals surface area (Å²) in [4.78, 5) is 15.8. The van der Waals surface area contributed by atoms with Gasteiger partial charge in [-0.25, -0.2) is 0 Å². The first-order valence-corrected chi connectivity index (χ1v) is 7.03. The van der Waals surface area contributed by atoms with Crippen LogP contribution in [0.15, 0.2) is 18.2 Å². The fourth-order valence-corrected chi connectivity index (χ4v) is 2.18. The van der Waals surface area contributed by atoms with Gasteiger partial charge in [-0.2, -0.15) is 4.98 Å². The van der Waals surface area contributed by atoms with Crippen molar-refractivity contribution >= 4 is 11.9 Å². The molecule has 22 heavy (non-hydrogen) atoms. The Morgan fingerprint density at radius 1 is 1.32 bits per heavy atom. The van der Waals surface area contributed by atoms with Gasteiger partial charge in [-0.3, -0.25) is 9.89 Å². The number of hydrogen-bond acceptors (Lipinski definition) is 6. The Kier molecular flexibility index (Phi) is 4.08. The summed E-state index contributed by atoms with van der Waals surface area (Å²) in [7, 11) is 0. The third-order valence-corrected chi connectivity index (χ3v) is 3.31. The van der Waals surface area contributed by atoms with Crippen LogP contribution in [-0.4, -0.2) is 34.4 Å². The highest BCUT2D eigenvalue weighted by molar-refractivity contribution is 5.76. The third-order valence-electron chi connectivity index (χ3n) is 3.31. The maximum atomic E-state index is 11.8. The van der Waals surface area contributed by atoms with E-state index in [-0.39, 0.29) is 18.6 Å². The number of ether oxygens (including phenoxy) is 2. The number of hydrogen-bond donors (Lipinski definition) is 3. The van der Waals surface area contributed by atoms with E-state index in [1.165, 1.54) is 0 Å². The summed E-state index contributed by atoms with van der Waals surface area (Å²) in [6, 6.07) is 5.72. The molecule has 2 heterocycles. The standard InChI is InChI=1S/C14H17N5O3/c15-14-17-12(18-19-14)5-6-16-13(20)4-2-9-1-3-10-11(7-9)22-8-21-10/h1,3,7H,2,4-6,8H2,(H,16,20)(H3,15,17,18,19). The van der Waals surface area contributed by atoms with Crippen molar-refractivity contribution in [2.45, 2.75) is 19.3 Å². The summed E-state index contributed by atoms with van der Waals surface area (Å²) in [5.41, 5.74) is 6.44. The van der Waals surface area contributed by atoms with Gasteiger partial charge < -0.3 is 20.5 Å². The molecule has 0 saturated carbocycles. The lowest BCUT2D eigenvalue weighted by Gasteiger charge is -2.05. The molecule has 8 nitrogen and oxygen atoms in total. The monoisotopic (exact) mass is 303 g/mol. The van der Waals surface area contributed by atoms with E-state index >= 15 is 0 Å². The van der Waals surface area contributed by atoms with Crippen LogP contribution in [0, 0.1) is 0 Å². The molecule has 1 amide bonds. The third kappa shape index (κ3) is 3.46. The predicted octanol–water partition coefficient (Wildman–Crippen LogP) is 0.407. The Balaban J connectivity index is 1.40. The Bertz CT molecular complexity index is 670. The van der Waals surface area contributed by atoms with Crippen LogP contribution in [0.2, 0.25) is 0 Å². The van der Waals surface area contributed by atoms with Gasteiger partial charge in [-0.15, -0.1) is 5.10 Å². The topological polar surface area (TPSA) is 115 Å². The Labute approximate surface area is 127 Å². The second kappa shape index (κ2) is 6.33. The van der Waals surface area contributed by atoms with Crippen molar-refractivity contribution < 1.29 is 14.3 Å². The Hall–Kier alpha value is -2.77. The molecule has 0 atom stereocenters. The number of anilines is 1. The summed E-state index contributed by atoms with van der Waals surface area (Å²) >= 11 is 0. The number of amides is 1. The molecule has 1 aliphatic rings. The van der Waals surface area contributed by atoms with Gasteiger partial charge in [0.15, 0.2) is 11.5 Å². The normalized spacial score (nSPS) is 12.4. The van der Waals surface area contributed by atoms with Gasteiger partial charge in [0.25, 0.3) is 0 Å². The fraction of sp³-hybridized carbons (Fsp3) is 0.357. The molecular formula is C14H17N5O3. The van der Waals surface area contributed by atoms with Gasteiger partial charge in [0, 0.05) is 19.4 Å². The highest BCUT2D eigenvalue weighted by atomic mass is 16.7. The average Bonchev–Trinajstić information content (AvgIpc) is 3.13. The molecule has 2 aromatic rings. The van der Waals surface area contributed by atoms with Crippen LogP contribution in [0.3, 0.4) is 0 Å². The largest absolute Gasteiger partial charge is 0.454 e. The molecule has 1 aromatic carbocycles. The van der Waals surface area contributed by atoms with Crippen molar-refractivity contribution in [1.82, 2.24) is 20.5 Å². The lowest BCUT2D eigenvalue weighted by Crippen LogP contribution is -2.26. The van der Waals surface area contributed by atoms with Crippen LogP contribution in [0.4, 0.5) is 5.95 Å². The number of aryl methyl sites for hydroxylation is 1. The van der Waals surface area contributed by atoms with E-state index in [9.17, 15) is 4.79 Å². The second-order valence-electron chi connectivity index (χ2n) is 4.93. The molecule has 0 fully saturated rings. The molecular weight excluding hydrogens is 286 g/mol. The van der Waals surface area contributed by atoms with Gasteiger partial charge in [0.2, 0.25) is 18.6 Å². The minimum atomic E-state index is -0.00912. The highest BCUT2D eigenvalue weighted by Crippen LogP contribution is 2.32. The number of H-pyrrole nitrogens is 1. The molecule has 0 saturated heterocycles. The number of fused-ring (bicyclic) bond motifs is 1. The molecule has 0 aliphatic carbocycles. The number of rotatable bonds is 6. The van der Waals surface area contributed by atoms with Crippen LogP contribution in [0.1, 0.15) is 17.8 Å². The maximum absolute atomic E-state index is 11.8. The molecule has 1 aromatic heterocycles. The summed E-state index contributed by atoms with van der Waals surface area (Å²) in [6.45, 7) is 0.750. The zero-order valence-corrected chi connectivity index (χ0v) is 12.0. The quantitative estimate of drug-likeness (QED) is 0.712. The number of benzene rings is 1. The first-order valence-electron chi connectivity index (χ1n) is 7.03. The zero-order valence-electron chi connectivity index (χ0n) is 12.0. The summed E-state index contributed by atoms with van der Waals surface area (Å²) < 4.78 is 10.6. The molecule has 0 bridgehead atoms. The number of carbonyl (C=O) groups excluding carboxylic acids is 1. The summed E-state index contributed by atoms with van der Waals surface area (Å²) in [5.74, 6) is 2.35. The number of nitrogens with one attached hydrogen (secondary N) is 2. The molecule has 0 radical (unpaired) electrons. The van der Waals surface area contributed by atoms with E-state index in [0.717, 1.165) is 17.1 Å². The Morgan fingerprint density at radius 2 is 2.18 bits per heavy atom. The van der Waals surface area contributed by atoms with Crippen molar-refractivity contribution in [3.8, 4) is 11.5 Å². The number of nitrogens with zero attached hydrogens (tertiary/aromatic N) is 2. The molecule has 1 aliphatic heterocycles. The zero-order chi connectivity index (χ0) is 15.4. The van der Waals surface area contributed by atoms with Crippen molar-refractivity contribution in [2.24, 2.45) is 0 Å². The van der Waals surface area contributed by atoms with E-state index in [1.54, 1.807) is 0 Å². The minimum absolute atomic E-state index is 0.00912. The predicted molar refractivity (Wildman–Crippen MR) is 78.4 cm³/mol.